The number of rotatable bonds is 2. The second-order valence-electron chi connectivity index (χ2n) is 4.91. The Hall–Kier alpha value is -2.01. The van der Waals surface area contributed by atoms with Crippen LogP contribution in [0.4, 0.5) is 22.7 Å². The van der Waals surface area contributed by atoms with Crippen LogP contribution in [0.25, 0.3) is 0 Å². The Morgan fingerprint density at radius 3 is 2.85 bits per heavy atom. The number of fused-ring (bicyclic) bond motifs is 1. The minimum atomic E-state index is 0.00892. The highest BCUT2D eigenvalue weighted by Gasteiger charge is 2.19. The van der Waals surface area contributed by atoms with E-state index in [1.807, 2.05) is 37.3 Å². The van der Waals surface area contributed by atoms with E-state index in [0.29, 0.717) is 12.1 Å². The summed E-state index contributed by atoms with van der Waals surface area (Å²) in [4.78, 5) is 11.4. The van der Waals surface area contributed by atoms with Crippen molar-refractivity contribution in [2.75, 3.05) is 16.4 Å². The van der Waals surface area contributed by atoms with Crippen LogP contribution in [0.1, 0.15) is 11.1 Å². The molecule has 20 heavy (non-hydrogen) atoms. The molecule has 4 N–H and O–H groups in total. The van der Waals surface area contributed by atoms with Gasteiger partial charge in [0.15, 0.2) is 0 Å². The molecule has 1 aliphatic rings. The predicted molar refractivity (Wildman–Crippen MR) is 85.3 cm³/mol. The lowest BCUT2D eigenvalue weighted by molar-refractivity contribution is -0.115. The molecule has 0 atom stereocenters. The summed E-state index contributed by atoms with van der Waals surface area (Å²) in [6, 6.07) is 9.74. The normalized spacial score (nSPS) is 13.0. The lowest BCUT2D eigenvalue weighted by atomic mass is 10.1. The van der Waals surface area contributed by atoms with E-state index in [1.54, 1.807) is 0 Å². The van der Waals surface area contributed by atoms with Crippen molar-refractivity contribution in [3.63, 3.8) is 0 Å². The third kappa shape index (κ3) is 2.36. The van der Waals surface area contributed by atoms with Crippen LogP contribution in [-0.2, 0) is 11.2 Å². The second kappa shape index (κ2) is 4.83. The summed E-state index contributed by atoms with van der Waals surface area (Å²) in [5.74, 6) is 0.00892. The van der Waals surface area contributed by atoms with Crippen molar-refractivity contribution in [1.29, 1.82) is 0 Å². The number of nitrogens with two attached hydrogens (primary N) is 1. The third-order valence-electron chi connectivity index (χ3n) is 3.35. The molecule has 0 unspecified atom stereocenters. The number of aryl methyl sites for hydroxylation is 1. The van der Waals surface area contributed by atoms with Gasteiger partial charge in [-0.05, 0) is 42.3 Å². The highest BCUT2D eigenvalue weighted by molar-refractivity contribution is 9.10. The molecular weight excluding hydrogens is 318 g/mol. The first-order valence-electron chi connectivity index (χ1n) is 6.28. The highest BCUT2D eigenvalue weighted by Crippen LogP contribution is 2.33. The molecule has 0 fully saturated rings. The zero-order chi connectivity index (χ0) is 14.3. The van der Waals surface area contributed by atoms with Crippen LogP contribution in [0.3, 0.4) is 0 Å². The zero-order valence-electron chi connectivity index (χ0n) is 11.0. The molecule has 0 aliphatic carbocycles. The van der Waals surface area contributed by atoms with Crippen molar-refractivity contribution in [3.8, 4) is 0 Å². The fourth-order valence-corrected chi connectivity index (χ4v) is 2.61. The van der Waals surface area contributed by atoms with E-state index < -0.39 is 0 Å². The number of nitrogens with one attached hydrogen (secondary N) is 2. The van der Waals surface area contributed by atoms with Gasteiger partial charge in [-0.25, -0.2) is 0 Å². The molecule has 3 rings (SSSR count). The van der Waals surface area contributed by atoms with Gasteiger partial charge in [0.05, 0.1) is 17.8 Å². The number of nitrogen functional groups attached to an aromatic ring is 1. The van der Waals surface area contributed by atoms with Crippen molar-refractivity contribution >= 4 is 44.6 Å². The summed E-state index contributed by atoms with van der Waals surface area (Å²) >= 11 is 3.51. The topological polar surface area (TPSA) is 67.1 Å². The molecule has 1 amide bonds. The average molecular weight is 332 g/mol. The summed E-state index contributed by atoms with van der Waals surface area (Å²) < 4.78 is 1.04. The van der Waals surface area contributed by atoms with Crippen molar-refractivity contribution in [2.45, 2.75) is 13.3 Å². The number of halogens is 1. The SMILES string of the molecule is Cc1ccc(Nc2cc3c(cc2N)CC(=O)N3)cc1Br. The molecule has 5 heteroatoms. The van der Waals surface area contributed by atoms with Crippen LogP contribution in [0.15, 0.2) is 34.8 Å². The number of hydrogen-bond acceptors (Lipinski definition) is 3. The Kier molecular flexibility index (Phi) is 3.14. The number of anilines is 4. The molecular formula is C15H14BrN3O. The monoisotopic (exact) mass is 331 g/mol. The third-order valence-corrected chi connectivity index (χ3v) is 4.21. The Labute approximate surface area is 125 Å². The molecule has 0 saturated heterocycles. The van der Waals surface area contributed by atoms with Gasteiger partial charge in [0.25, 0.3) is 0 Å². The second-order valence-corrected chi connectivity index (χ2v) is 5.76. The first-order chi connectivity index (χ1) is 9.52. The van der Waals surface area contributed by atoms with E-state index in [0.717, 1.165) is 27.1 Å². The largest absolute Gasteiger partial charge is 0.397 e. The van der Waals surface area contributed by atoms with Gasteiger partial charge < -0.3 is 16.4 Å². The zero-order valence-corrected chi connectivity index (χ0v) is 12.5. The standard InChI is InChI=1S/C15H14BrN3O/c1-8-2-3-10(6-11(8)16)18-14-7-13-9(4-12(14)17)5-15(20)19-13/h2-4,6-7,18H,5,17H2,1H3,(H,19,20). The van der Waals surface area contributed by atoms with Crippen LogP contribution in [0.5, 0.6) is 0 Å². The predicted octanol–water partition coefficient (Wildman–Crippen LogP) is 3.58. The van der Waals surface area contributed by atoms with E-state index in [1.165, 1.54) is 5.56 Å². The number of carbonyl (C=O) groups excluding carboxylic acids is 1. The molecule has 4 nitrogen and oxygen atoms in total. The Bertz CT molecular complexity index is 713. The fourth-order valence-electron chi connectivity index (χ4n) is 2.23. The van der Waals surface area contributed by atoms with Gasteiger partial charge in [0.2, 0.25) is 5.91 Å². The molecule has 102 valence electrons. The quantitative estimate of drug-likeness (QED) is 0.737. The molecule has 0 aromatic heterocycles. The highest BCUT2D eigenvalue weighted by atomic mass is 79.9. The van der Waals surface area contributed by atoms with Crippen molar-refractivity contribution < 1.29 is 4.79 Å². The van der Waals surface area contributed by atoms with Gasteiger partial charge in [0, 0.05) is 15.8 Å². The van der Waals surface area contributed by atoms with Crippen LogP contribution < -0.4 is 16.4 Å². The molecule has 1 aliphatic heterocycles. The Morgan fingerprint density at radius 2 is 2.10 bits per heavy atom. The van der Waals surface area contributed by atoms with Crippen LogP contribution in [-0.4, -0.2) is 5.91 Å². The maximum absolute atomic E-state index is 11.4. The van der Waals surface area contributed by atoms with Gasteiger partial charge in [-0.1, -0.05) is 22.0 Å². The molecule has 2 aromatic rings. The van der Waals surface area contributed by atoms with Crippen molar-refractivity contribution in [1.82, 2.24) is 0 Å². The van der Waals surface area contributed by atoms with Gasteiger partial charge in [-0.2, -0.15) is 0 Å². The number of amides is 1. The van der Waals surface area contributed by atoms with Crippen molar-refractivity contribution in [2.24, 2.45) is 0 Å². The maximum atomic E-state index is 11.4. The average Bonchev–Trinajstić information content (AvgIpc) is 2.73. The Balaban J connectivity index is 1.93. The van der Waals surface area contributed by atoms with Gasteiger partial charge >= 0.3 is 0 Å². The summed E-state index contributed by atoms with van der Waals surface area (Å²) in [5.41, 5.74) is 11.4. The first-order valence-corrected chi connectivity index (χ1v) is 7.07. The molecule has 0 radical (unpaired) electrons. The van der Waals surface area contributed by atoms with E-state index in [4.69, 9.17) is 5.73 Å². The smallest absolute Gasteiger partial charge is 0.228 e. The Morgan fingerprint density at radius 1 is 1.30 bits per heavy atom. The molecule has 1 heterocycles. The summed E-state index contributed by atoms with van der Waals surface area (Å²) in [5, 5.41) is 6.11. The van der Waals surface area contributed by atoms with Crippen molar-refractivity contribution in [3.05, 3.63) is 45.9 Å². The summed E-state index contributed by atoms with van der Waals surface area (Å²) in [6.07, 6.45) is 0.399. The summed E-state index contributed by atoms with van der Waals surface area (Å²) in [6.45, 7) is 2.03. The minimum absolute atomic E-state index is 0.00892. The van der Waals surface area contributed by atoms with E-state index in [-0.39, 0.29) is 5.91 Å². The van der Waals surface area contributed by atoms with E-state index in [9.17, 15) is 4.79 Å². The number of carbonyl (C=O) groups is 1. The van der Waals surface area contributed by atoms with Gasteiger partial charge in [0.1, 0.15) is 0 Å². The fraction of sp³-hybridized carbons (Fsp3) is 0.133. The van der Waals surface area contributed by atoms with Gasteiger partial charge in [-0.3, -0.25) is 4.79 Å². The lowest BCUT2D eigenvalue weighted by Crippen LogP contribution is -2.03. The summed E-state index contributed by atoms with van der Waals surface area (Å²) in [7, 11) is 0. The number of benzene rings is 2. The lowest BCUT2D eigenvalue weighted by Gasteiger charge is -2.12. The minimum Gasteiger partial charge on any atom is -0.397 e. The molecule has 0 saturated carbocycles. The van der Waals surface area contributed by atoms with E-state index in [2.05, 4.69) is 26.6 Å². The van der Waals surface area contributed by atoms with Crippen LogP contribution >= 0.6 is 15.9 Å². The molecule has 2 aromatic carbocycles. The van der Waals surface area contributed by atoms with Crippen LogP contribution in [0.2, 0.25) is 0 Å². The van der Waals surface area contributed by atoms with E-state index >= 15 is 0 Å². The number of hydrogen-bond donors (Lipinski definition) is 3. The molecule has 0 spiro atoms. The van der Waals surface area contributed by atoms with Crippen LogP contribution in [0, 0.1) is 6.92 Å². The first kappa shape index (κ1) is 13.0. The molecule has 0 bridgehead atoms. The van der Waals surface area contributed by atoms with Gasteiger partial charge in [-0.15, -0.1) is 0 Å². The maximum Gasteiger partial charge on any atom is 0.228 e.